The Kier molecular flexibility index (Phi) is 22.1. The van der Waals surface area contributed by atoms with Gasteiger partial charge in [0.2, 0.25) is 5.91 Å². The van der Waals surface area contributed by atoms with Crippen LogP contribution in [0, 0.1) is 12.1 Å². The molecule has 3 aromatic carbocycles. The number of benzene rings is 3. The van der Waals surface area contributed by atoms with E-state index in [2.05, 4.69) is 37.4 Å². The maximum absolute atomic E-state index is 13.2. The number of fused-ring (bicyclic) bond motifs is 3. The molecule has 4 aromatic heterocycles. The molecule has 8 rings (SSSR count). The summed E-state index contributed by atoms with van der Waals surface area (Å²) >= 11 is 0. The Hall–Kier alpha value is -7.44. The van der Waals surface area contributed by atoms with Crippen LogP contribution in [0.1, 0.15) is 74.6 Å². The first-order valence-electron chi connectivity index (χ1n) is 23.2. The van der Waals surface area contributed by atoms with Crippen molar-refractivity contribution in [2.24, 2.45) is 0 Å². The van der Waals surface area contributed by atoms with Gasteiger partial charge in [-0.05, 0) is 54.9 Å². The molecule has 19 heteroatoms. The Labute approximate surface area is 436 Å². The Balaban J connectivity index is 0.000000316. The maximum atomic E-state index is 13.2. The number of hydrogen-bond donors (Lipinski definition) is 1. The molecular weight excluding hydrogens is 1130 g/mol. The second-order valence-electron chi connectivity index (χ2n) is 16.5. The van der Waals surface area contributed by atoms with Gasteiger partial charge in [-0.1, -0.05) is 55.3 Å². The van der Waals surface area contributed by atoms with Crippen LogP contribution in [0.25, 0.3) is 44.3 Å². The SMILES string of the molecule is CN(CCCC(=O)C(CS(=O)(=O)[O-])NC(=O)c1ccnc2c1ccc1cccnc12)C(=O)CCCCCCC(=O)ON1C(=O)CCC1=O.[Ir].[c-]1ccccc1-c1ccccn1.[c-]1ccccc1-c1ccccn1. The maximum Gasteiger partial charge on any atom is 0.333 e. The summed E-state index contributed by atoms with van der Waals surface area (Å²) in [6.45, 7) is 0.185. The second-order valence-corrected chi connectivity index (χ2v) is 17.9. The summed E-state index contributed by atoms with van der Waals surface area (Å²) < 4.78 is 34.8. The second kappa shape index (κ2) is 28.6. The fraction of sp³-hybridized carbons (Fsp3) is 0.259. The van der Waals surface area contributed by atoms with Crippen molar-refractivity contribution in [1.82, 2.24) is 35.2 Å². The van der Waals surface area contributed by atoms with E-state index in [4.69, 9.17) is 4.84 Å². The van der Waals surface area contributed by atoms with E-state index >= 15 is 0 Å². The number of amides is 4. The number of pyridine rings is 4. The zero-order chi connectivity index (χ0) is 51.3. The minimum absolute atomic E-state index is 0. The Morgan fingerprint density at radius 1 is 0.685 bits per heavy atom. The van der Waals surface area contributed by atoms with Crippen LogP contribution in [0.15, 0.2) is 140 Å². The van der Waals surface area contributed by atoms with Gasteiger partial charge in [0.25, 0.3) is 17.7 Å². The van der Waals surface area contributed by atoms with Crippen LogP contribution in [0.3, 0.4) is 0 Å². The van der Waals surface area contributed by atoms with Gasteiger partial charge in [0.05, 0.1) is 32.5 Å². The van der Waals surface area contributed by atoms with Gasteiger partial charge in [-0.2, -0.15) is 0 Å². The first-order valence-corrected chi connectivity index (χ1v) is 24.8. The van der Waals surface area contributed by atoms with E-state index in [1.165, 1.54) is 17.2 Å². The Morgan fingerprint density at radius 3 is 1.85 bits per heavy atom. The fourth-order valence-electron chi connectivity index (χ4n) is 7.44. The predicted octanol–water partition coefficient (Wildman–Crippen LogP) is 7.28. The van der Waals surface area contributed by atoms with Crippen molar-refractivity contribution in [2.75, 3.05) is 19.3 Å². The molecule has 5 heterocycles. The molecule has 1 atom stereocenters. The molecule has 7 aromatic rings. The van der Waals surface area contributed by atoms with Crippen LogP contribution >= 0.6 is 0 Å². The molecule has 0 saturated carbocycles. The molecule has 1 aliphatic heterocycles. The Bertz CT molecular complexity index is 2900. The van der Waals surface area contributed by atoms with Crippen molar-refractivity contribution in [3.63, 3.8) is 0 Å². The molecule has 0 spiro atoms. The molecule has 17 nitrogen and oxygen atoms in total. The Morgan fingerprint density at radius 2 is 1.27 bits per heavy atom. The molecule has 1 unspecified atom stereocenters. The van der Waals surface area contributed by atoms with Crippen molar-refractivity contribution in [1.29, 1.82) is 0 Å². The van der Waals surface area contributed by atoms with E-state index in [0.29, 0.717) is 47.2 Å². The summed E-state index contributed by atoms with van der Waals surface area (Å²) in [7, 11) is -3.31. The summed E-state index contributed by atoms with van der Waals surface area (Å²) in [6, 6.07) is 40.5. The van der Waals surface area contributed by atoms with Crippen LogP contribution in [0.5, 0.6) is 0 Å². The molecule has 1 fully saturated rings. The summed E-state index contributed by atoms with van der Waals surface area (Å²) in [6.07, 6.45) is 9.14. The van der Waals surface area contributed by atoms with Crippen LogP contribution < -0.4 is 5.32 Å². The van der Waals surface area contributed by atoms with E-state index in [9.17, 15) is 41.7 Å². The number of hydroxylamine groups is 2. The van der Waals surface area contributed by atoms with Gasteiger partial charge in [-0.15, -0.1) is 76.9 Å². The number of nitrogens with zero attached hydrogens (tertiary/aromatic N) is 6. The van der Waals surface area contributed by atoms with Crippen LogP contribution in [0.4, 0.5) is 0 Å². The third-order valence-corrected chi connectivity index (χ3v) is 11.9. The number of rotatable bonds is 19. The van der Waals surface area contributed by atoms with E-state index < -0.39 is 51.4 Å². The number of carbonyl (C=O) groups excluding carboxylic acids is 6. The topological polar surface area (TPSA) is 239 Å². The van der Waals surface area contributed by atoms with Crippen LogP contribution in [-0.4, -0.2) is 104 Å². The van der Waals surface area contributed by atoms with Crippen molar-refractivity contribution >= 4 is 67.3 Å². The predicted molar refractivity (Wildman–Crippen MR) is 267 cm³/mol. The summed E-state index contributed by atoms with van der Waals surface area (Å²) in [5.74, 6) is -4.45. The standard InChI is InChI=1S/C32H37N5O10S.2C11H8N.Ir/c1-36(26(39)10-4-2-3-5-11-29(42)47-37-27(40)14-15-28(37)41)19-7-9-25(38)24(20-48(44,45)46)35-32(43)23-16-18-34-31-22(23)13-12-21-8-6-17-33-30(21)31;2*1-2-6-10(7-3-1)11-8-4-5-9-12-11;/h6,8,12-13,16-18,24H,2-5,7,9-11,14-15,19-20H2,1H3,(H,35,43)(H,44,45,46);2*1-6,8-9H;/q;2*-1;/p-1. The van der Waals surface area contributed by atoms with Gasteiger partial charge in [0.15, 0.2) is 5.78 Å². The van der Waals surface area contributed by atoms with Crippen molar-refractivity contribution in [3.05, 3.63) is 158 Å². The van der Waals surface area contributed by atoms with E-state index in [0.717, 1.165) is 27.9 Å². The first kappa shape index (κ1) is 56.5. The quantitative estimate of drug-likeness (QED) is 0.0275. The molecule has 381 valence electrons. The first-order chi connectivity index (χ1) is 34.8. The van der Waals surface area contributed by atoms with Gasteiger partial charge < -0.3 is 29.6 Å². The number of nitrogens with one attached hydrogen (secondary N) is 1. The number of carbonyl (C=O) groups is 6. The van der Waals surface area contributed by atoms with Crippen molar-refractivity contribution < 1.29 is 66.7 Å². The third-order valence-electron chi connectivity index (χ3n) is 11.2. The van der Waals surface area contributed by atoms with Gasteiger partial charge in [-0.3, -0.25) is 33.9 Å². The van der Waals surface area contributed by atoms with Gasteiger partial charge in [0.1, 0.15) is 6.04 Å². The summed E-state index contributed by atoms with van der Waals surface area (Å²) in [5, 5.41) is 4.16. The molecule has 0 bridgehead atoms. The third kappa shape index (κ3) is 17.7. The number of ketones is 1. The number of imide groups is 1. The minimum atomic E-state index is -4.88. The summed E-state index contributed by atoms with van der Waals surface area (Å²) in [4.78, 5) is 97.0. The molecule has 1 aliphatic rings. The van der Waals surface area contributed by atoms with Crippen molar-refractivity contribution in [3.8, 4) is 22.5 Å². The van der Waals surface area contributed by atoms with E-state index in [-0.39, 0.29) is 76.6 Å². The van der Waals surface area contributed by atoms with E-state index in [1.54, 1.807) is 43.8 Å². The monoisotopic (exact) mass is 1180 g/mol. The number of aromatic nitrogens is 4. The zero-order valence-corrected chi connectivity index (χ0v) is 43.1. The van der Waals surface area contributed by atoms with Crippen LogP contribution in [0.2, 0.25) is 0 Å². The molecule has 1 radical (unpaired) electrons. The van der Waals surface area contributed by atoms with Gasteiger partial charge in [0, 0.05) is 101 Å². The average Bonchev–Trinajstić information content (AvgIpc) is 3.72. The number of hydrogen-bond acceptors (Lipinski definition) is 14. The molecule has 1 N–H and O–H groups in total. The molecule has 1 saturated heterocycles. The number of Topliss-reactive ketones (excluding diaryl/α,β-unsaturated/α-hetero) is 1. The van der Waals surface area contributed by atoms with Gasteiger partial charge in [-0.25, -0.2) is 13.2 Å². The minimum Gasteiger partial charge on any atom is -0.748 e. The van der Waals surface area contributed by atoms with Gasteiger partial charge >= 0.3 is 5.97 Å². The van der Waals surface area contributed by atoms with Crippen LogP contribution in [-0.2, 0) is 59.0 Å². The fourth-order valence-corrected chi connectivity index (χ4v) is 8.12. The molecule has 73 heavy (non-hydrogen) atoms. The largest absolute Gasteiger partial charge is 0.748 e. The normalized spacial score (nSPS) is 12.3. The van der Waals surface area contributed by atoms with E-state index in [1.807, 2.05) is 91.0 Å². The molecular formula is C54H52IrN7O10S-3. The smallest absolute Gasteiger partial charge is 0.333 e. The molecule has 0 aliphatic carbocycles. The molecule has 4 amide bonds. The number of unbranched alkanes of at least 4 members (excludes halogenated alkanes) is 3. The zero-order valence-electron chi connectivity index (χ0n) is 39.8. The van der Waals surface area contributed by atoms with Crippen molar-refractivity contribution in [2.45, 2.75) is 70.3 Å². The average molecular weight is 1180 g/mol. The summed E-state index contributed by atoms with van der Waals surface area (Å²) in [5.41, 5.74) is 5.16.